The maximum Gasteiger partial charge on any atom is 1.00 e. The molecule has 34 heavy (non-hydrogen) atoms. The molecular weight excluding hydrogens is 490 g/mol. The molecule has 0 aromatic carbocycles. The van der Waals surface area contributed by atoms with E-state index >= 15 is 17.6 Å². The molecule has 0 saturated carbocycles. The van der Waals surface area contributed by atoms with E-state index in [0.29, 0.717) is 24.3 Å². The van der Waals surface area contributed by atoms with Crippen molar-refractivity contribution < 1.29 is 86.5 Å². The summed E-state index contributed by atoms with van der Waals surface area (Å²) in [5.41, 5.74) is -13.8. The summed E-state index contributed by atoms with van der Waals surface area (Å²) in [6, 6.07) is 0. The van der Waals surface area contributed by atoms with Crippen LogP contribution in [0.3, 0.4) is 0 Å². The van der Waals surface area contributed by atoms with Crippen LogP contribution in [0.15, 0.2) is 96.2 Å². The van der Waals surface area contributed by atoms with E-state index in [9.17, 15) is 17.6 Å². The fraction of sp³-hybridized carbons (Fsp3) is 0.333. The second-order valence-corrected chi connectivity index (χ2v) is 9.17. The Morgan fingerprint density at radius 2 is 0.676 bits per heavy atom. The number of halogens is 8. The monoisotopic (exact) mass is 510 g/mol. The van der Waals surface area contributed by atoms with E-state index in [0.717, 1.165) is 48.6 Å². The second-order valence-electron chi connectivity index (χ2n) is 9.17. The summed E-state index contributed by atoms with van der Waals surface area (Å²) in [6.07, 6.45) is -0.745. The van der Waals surface area contributed by atoms with Gasteiger partial charge in [0, 0.05) is 48.0 Å². The first-order valence-corrected chi connectivity index (χ1v) is 10.5. The van der Waals surface area contributed by atoms with E-state index in [4.69, 9.17) is 0 Å². The molecule has 0 N–H and O–H groups in total. The van der Waals surface area contributed by atoms with Gasteiger partial charge in [-0.05, 0) is 24.3 Å². The Bertz CT molecular complexity index is 929. The minimum atomic E-state index is -4.72. The quantitative estimate of drug-likeness (QED) is 0.381. The summed E-state index contributed by atoms with van der Waals surface area (Å²) in [7, 11) is 0. The van der Waals surface area contributed by atoms with Crippen molar-refractivity contribution in [2.24, 2.45) is 0 Å². The third kappa shape index (κ3) is 4.07. The van der Waals surface area contributed by atoms with E-state index in [1.54, 1.807) is 0 Å². The van der Waals surface area contributed by atoms with Gasteiger partial charge in [0.2, 0.25) is 0 Å². The molecule has 4 rings (SSSR count). The van der Waals surface area contributed by atoms with E-state index in [1.165, 1.54) is 0 Å². The van der Waals surface area contributed by atoms with Gasteiger partial charge >= 0.3 is 51.4 Å². The Labute approximate surface area is 234 Å². The van der Waals surface area contributed by atoms with Gasteiger partial charge < -0.3 is 0 Å². The number of alkyl halides is 4. The summed E-state index contributed by atoms with van der Waals surface area (Å²) < 4.78 is 126. The van der Waals surface area contributed by atoms with Crippen LogP contribution in [0.2, 0.25) is 0 Å². The van der Waals surface area contributed by atoms with Crippen molar-refractivity contribution in [3.05, 3.63) is 96.2 Å². The Morgan fingerprint density at radius 3 is 0.853 bits per heavy atom. The fourth-order valence-corrected chi connectivity index (χ4v) is 6.34. The van der Waals surface area contributed by atoms with E-state index in [2.05, 4.69) is 0 Å². The molecule has 176 valence electrons. The van der Waals surface area contributed by atoms with Crippen LogP contribution in [0.4, 0.5) is 35.1 Å². The number of hydrogen-bond donors (Lipinski definition) is 0. The Kier molecular flexibility index (Phi) is 7.72. The molecule has 0 radical (unpaired) electrons. The third-order valence-electron chi connectivity index (χ3n) is 7.24. The van der Waals surface area contributed by atoms with Crippen molar-refractivity contribution in [2.75, 3.05) is 0 Å². The zero-order chi connectivity index (χ0) is 24.1. The van der Waals surface area contributed by atoms with Crippen molar-refractivity contribution in [1.82, 2.24) is 0 Å². The summed E-state index contributed by atoms with van der Waals surface area (Å²) in [6.45, 7) is 0. The molecule has 0 saturated heterocycles. The van der Waals surface area contributed by atoms with Crippen molar-refractivity contribution in [1.29, 1.82) is 0 Å². The molecule has 0 spiro atoms. The molecule has 0 nitrogen and oxygen atoms in total. The van der Waals surface area contributed by atoms with Crippen LogP contribution < -0.4 is 51.4 Å². The zero-order valence-electron chi connectivity index (χ0n) is 18.4. The van der Waals surface area contributed by atoms with Gasteiger partial charge in [-0.25, -0.2) is 17.6 Å². The smallest absolute Gasteiger partial charge is 0.281 e. The molecule has 0 amide bonds. The molecule has 4 aliphatic rings. The van der Waals surface area contributed by atoms with Crippen LogP contribution in [0.25, 0.3) is 0 Å². The fourth-order valence-electron chi connectivity index (χ4n) is 6.34. The van der Waals surface area contributed by atoms with E-state index in [-0.39, 0.29) is 51.4 Å². The van der Waals surface area contributed by atoms with Gasteiger partial charge in [-0.3, -0.25) is 17.6 Å². The topological polar surface area (TPSA) is 0 Å². The first-order valence-electron chi connectivity index (χ1n) is 10.5. The molecule has 0 aromatic rings. The van der Waals surface area contributed by atoms with E-state index < -0.39 is 77.4 Å². The summed E-state index contributed by atoms with van der Waals surface area (Å²) in [4.78, 5) is 0. The Morgan fingerprint density at radius 1 is 0.471 bits per heavy atom. The van der Waals surface area contributed by atoms with Crippen molar-refractivity contribution in [3.63, 3.8) is 0 Å². The first-order chi connectivity index (χ1) is 15.4. The Hall–Kier alpha value is -0.939. The maximum atomic E-state index is 17.0. The van der Waals surface area contributed by atoms with Crippen LogP contribution in [0.1, 0.15) is 25.7 Å². The van der Waals surface area contributed by atoms with Gasteiger partial charge in [-0.2, -0.15) is 0 Å². The molecule has 4 unspecified atom stereocenters. The molecule has 10 heteroatoms. The molecule has 4 atom stereocenters. The summed E-state index contributed by atoms with van der Waals surface area (Å²) >= 11 is 0. The molecule has 0 fully saturated rings. The average molecular weight is 510 g/mol. The number of hydrogen-bond acceptors (Lipinski definition) is 0. The largest absolute Gasteiger partial charge is 1.00 e. The van der Waals surface area contributed by atoms with Crippen molar-refractivity contribution in [3.8, 4) is 0 Å². The van der Waals surface area contributed by atoms with Crippen LogP contribution in [-0.4, -0.2) is 28.4 Å². The van der Waals surface area contributed by atoms with Gasteiger partial charge in [-0.15, -0.1) is 0 Å². The van der Waals surface area contributed by atoms with Crippen molar-refractivity contribution >= 4 is 6.15 Å². The summed E-state index contributed by atoms with van der Waals surface area (Å²) in [5, 5.41) is 0. The molecular formula is C24H20BF8K. The first kappa shape index (κ1) is 27.6. The predicted molar refractivity (Wildman–Crippen MR) is 113 cm³/mol. The van der Waals surface area contributed by atoms with Gasteiger partial charge in [0.25, 0.3) is 0 Å². The number of allylic oxidation sites excluding steroid dienone is 16. The van der Waals surface area contributed by atoms with Gasteiger partial charge in [0.05, 0.1) is 23.3 Å². The van der Waals surface area contributed by atoms with Crippen LogP contribution >= 0.6 is 0 Å². The molecule has 0 bridgehead atoms. The molecule has 0 heterocycles. The molecule has 0 aromatic heterocycles. The molecule has 0 aliphatic heterocycles. The molecule has 4 aliphatic carbocycles. The number of rotatable bonds is 4. The van der Waals surface area contributed by atoms with Crippen LogP contribution in [0, 0.1) is 0 Å². The minimum absolute atomic E-state index is 0. The van der Waals surface area contributed by atoms with Crippen molar-refractivity contribution in [2.45, 2.75) is 48.0 Å². The zero-order valence-corrected chi connectivity index (χ0v) is 21.5. The Balaban J connectivity index is 0.00000324. The van der Waals surface area contributed by atoms with Gasteiger partial charge in [0.1, 0.15) is 0 Å². The summed E-state index contributed by atoms with van der Waals surface area (Å²) in [5.74, 6) is -4.59. The minimum Gasteiger partial charge on any atom is -0.281 e. The third-order valence-corrected chi connectivity index (χ3v) is 7.24. The van der Waals surface area contributed by atoms with E-state index in [1.807, 2.05) is 0 Å². The predicted octanol–water partition coefficient (Wildman–Crippen LogP) is 4.68. The second kappa shape index (κ2) is 9.50. The van der Waals surface area contributed by atoms with Gasteiger partial charge in [0.15, 0.2) is 6.15 Å². The SMILES string of the molecule is FC1=CC=CC(F)([B-](C2(F)C=CC=C(F)C2)(C2(F)C=CC=C(F)C2)C2(F)C=CC=C(F)C2)C1.[K+]. The van der Waals surface area contributed by atoms with Crippen LogP contribution in [0.5, 0.6) is 0 Å². The van der Waals surface area contributed by atoms with Crippen LogP contribution in [-0.2, 0) is 0 Å². The van der Waals surface area contributed by atoms with Gasteiger partial charge in [-0.1, -0.05) is 48.6 Å². The normalized spacial score (nSPS) is 38.8. The maximum absolute atomic E-state index is 17.0. The standard InChI is InChI=1S/C24H20BF8.K/c26-17-5-1-9-21(30,13-17)25(22(31)10-2-6-18(27)14-22,23(32)11-3-7-19(28)15-23)24(33)12-4-8-20(29)16-24;/h1-12H,13-16H2;/q-1;+1. The average Bonchev–Trinajstić information content (AvgIpc) is 2.66.